The molecule has 2 N–H and O–H groups in total. The Morgan fingerprint density at radius 3 is 2.90 bits per heavy atom. The number of halogens is 1. The van der Waals surface area contributed by atoms with E-state index >= 15 is 0 Å². The summed E-state index contributed by atoms with van der Waals surface area (Å²) in [7, 11) is 0. The number of nitrogens with zero attached hydrogens (tertiary/aromatic N) is 2. The predicted octanol–water partition coefficient (Wildman–Crippen LogP) is 2.76. The van der Waals surface area contributed by atoms with Crippen molar-refractivity contribution in [2.24, 2.45) is 5.92 Å². The molecule has 1 aromatic rings. The third kappa shape index (κ3) is 3.18. The quantitative estimate of drug-likeness (QED) is 0.849. The highest BCUT2D eigenvalue weighted by Crippen LogP contribution is 2.38. The molecule has 4 nitrogen and oxygen atoms in total. The zero-order valence-corrected chi connectivity index (χ0v) is 13.5. The van der Waals surface area contributed by atoms with Crippen LogP contribution in [0.4, 0.5) is 0 Å². The molecule has 2 rings (SSSR count). The van der Waals surface area contributed by atoms with Crippen molar-refractivity contribution in [3.05, 3.63) is 16.9 Å². The van der Waals surface area contributed by atoms with Crippen LogP contribution in [0.3, 0.4) is 0 Å². The van der Waals surface area contributed by atoms with Crippen LogP contribution >= 0.6 is 11.6 Å². The normalized spacial score (nSPS) is 26.6. The van der Waals surface area contributed by atoms with Crippen LogP contribution in [0.2, 0.25) is 5.02 Å². The largest absolute Gasteiger partial charge is 0.394 e. The predicted molar refractivity (Wildman–Crippen MR) is 82.0 cm³/mol. The number of aromatic nitrogens is 2. The van der Waals surface area contributed by atoms with Crippen LogP contribution in [-0.2, 0) is 6.54 Å². The van der Waals surface area contributed by atoms with E-state index in [1.165, 1.54) is 12.8 Å². The zero-order chi connectivity index (χ0) is 14.8. The molecule has 0 bridgehead atoms. The zero-order valence-electron chi connectivity index (χ0n) is 12.7. The number of hydrogen-bond donors (Lipinski definition) is 2. The maximum atomic E-state index is 9.89. The van der Waals surface area contributed by atoms with Crippen LogP contribution in [-0.4, -0.2) is 33.1 Å². The van der Waals surface area contributed by atoms with Crippen molar-refractivity contribution in [3.8, 4) is 0 Å². The number of aliphatic hydroxyl groups is 1. The second-order valence-electron chi connectivity index (χ2n) is 6.29. The van der Waals surface area contributed by atoms with E-state index in [0.29, 0.717) is 12.0 Å². The highest BCUT2D eigenvalue weighted by molar-refractivity contribution is 6.31. The molecule has 20 heavy (non-hydrogen) atoms. The molecule has 1 heterocycles. The average molecular weight is 300 g/mol. The van der Waals surface area contributed by atoms with Gasteiger partial charge in [-0.1, -0.05) is 31.9 Å². The number of aliphatic hydroxyl groups excluding tert-OH is 1. The van der Waals surface area contributed by atoms with Gasteiger partial charge >= 0.3 is 0 Å². The maximum absolute atomic E-state index is 9.89. The number of hydrogen-bond acceptors (Lipinski definition) is 3. The fourth-order valence-corrected chi connectivity index (χ4v) is 3.65. The maximum Gasteiger partial charge on any atom is 0.0814 e. The minimum atomic E-state index is -0.112. The Bertz CT molecular complexity index is 446. The van der Waals surface area contributed by atoms with Gasteiger partial charge in [-0.2, -0.15) is 5.10 Å². The first-order valence-corrected chi connectivity index (χ1v) is 7.93. The summed E-state index contributed by atoms with van der Waals surface area (Å²) < 4.78 is 1.97. The third-order valence-corrected chi connectivity index (χ3v) is 4.92. The van der Waals surface area contributed by atoms with Crippen LogP contribution < -0.4 is 5.32 Å². The molecule has 1 fully saturated rings. The summed E-state index contributed by atoms with van der Waals surface area (Å²) in [4.78, 5) is 0. The summed E-state index contributed by atoms with van der Waals surface area (Å²) >= 11 is 6.04. The number of nitrogens with one attached hydrogen (secondary N) is 1. The SMILES string of the molecule is Cc1c(Cl)cnn1CCC1CCCC1(CO)NC(C)C. The molecule has 2 atom stereocenters. The minimum Gasteiger partial charge on any atom is -0.394 e. The van der Waals surface area contributed by atoms with Crippen molar-refractivity contribution in [1.82, 2.24) is 15.1 Å². The number of rotatable bonds is 6. The topological polar surface area (TPSA) is 50.1 Å². The van der Waals surface area contributed by atoms with E-state index < -0.39 is 0 Å². The van der Waals surface area contributed by atoms with E-state index in [1.807, 2.05) is 11.6 Å². The molecule has 0 amide bonds. The van der Waals surface area contributed by atoms with E-state index in [1.54, 1.807) is 6.20 Å². The first-order chi connectivity index (χ1) is 9.48. The van der Waals surface area contributed by atoms with Crippen molar-refractivity contribution in [3.63, 3.8) is 0 Å². The summed E-state index contributed by atoms with van der Waals surface area (Å²) in [5.74, 6) is 0.497. The fourth-order valence-electron chi connectivity index (χ4n) is 3.51. The molecule has 0 aromatic carbocycles. The van der Waals surface area contributed by atoms with E-state index in [4.69, 9.17) is 11.6 Å². The molecule has 0 radical (unpaired) electrons. The Labute approximate surface area is 126 Å². The molecule has 114 valence electrons. The Kier molecular flexibility index (Phi) is 5.10. The van der Waals surface area contributed by atoms with E-state index in [0.717, 1.165) is 30.1 Å². The first-order valence-electron chi connectivity index (χ1n) is 7.55. The Balaban J connectivity index is 2.02. The highest BCUT2D eigenvalue weighted by atomic mass is 35.5. The molecule has 2 unspecified atom stereocenters. The van der Waals surface area contributed by atoms with Gasteiger partial charge in [0.2, 0.25) is 0 Å². The molecule has 1 aromatic heterocycles. The minimum absolute atomic E-state index is 0.112. The molecule has 0 saturated heterocycles. The van der Waals surface area contributed by atoms with Crippen LogP contribution in [0, 0.1) is 12.8 Å². The average Bonchev–Trinajstić information content (AvgIpc) is 2.93. The lowest BCUT2D eigenvalue weighted by atomic mass is 9.84. The van der Waals surface area contributed by atoms with Crippen molar-refractivity contribution in [2.75, 3.05) is 6.61 Å². The molecule has 1 aliphatic carbocycles. The highest BCUT2D eigenvalue weighted by Gasteiger charge is 2.42. The van der Waals surface area contributed by atoms with Gasteiger partial charge in [-0.3, -0.25) is 4.68 Å². The van der Waals surface area contributed by atoms with Crippen LogP contribution in [0.5, 0.6) is 0 Å². The summed E-state index contributed by atoms with van der Waals surface area (Å²) in [5, 5.41) is 18.5. The smallest absolute Gasteiger partial charge is 0.0814 e. The van der Waals surface area contributed by atoms with Crippen molar-refractivity contribution < 1.29 is 5.11 Å². The fraction of sp³-hybridized carbons (Fsp3) is 0.800. The van der Waals surface area contributed by atoms with E-state index in [-0.39, 0.29) is 12.1 Å². The second-order valence-corrected chi connectivity index (χ2v) is 6.70. The lowest BCUT2D eigenvalue weighted by Crippen LogP contribution is -2.54. The Morgan fingerprint density at radius 1 is 1.60 bits per heavy atom. The van der Waals surface area contributed by atoms with Crippen molar-refractivity contribution in [1.29, 1.82) is 0 Å². The lowest BCUT2D eigenvalue weighted by molar-refractivity contribution is 0.108. The van der Waals surface area contributed by atoms with Crippen molar-refractivity contribution in [2.45, 2.75) is 64.6 Å². The van der Waals surface area contributed by atoms with Gasteiger partial charge < -0.3 is 10.4 Å². The second kappa shape index (κ2) is 6.46. The van der Waals surface area contributed by atoms with Crippen LogP contribution in [0.25, 0.3) is 0 Å². The van der Waals surface area contributed by atoms with Crippen molar-refractivity contribution >= 4 is 11.6 Å². The molecule has 5 heteroatoms. The van der Waals surface area contributed by atoms with Crippen LogP contribution in [0.1, 0.15) is 45.2 Å². The van der Waals surface area contributed by atoms with Gasteiger partial charge in [-0.15, -0.1) is 0 Å². The summed E-state index contributed by atoms with van der Waals surface area (Å²) in [6.45, 7) is 7.36. The van der Waals surface area contributed by atoms with Gasteiger partial charge in [0, 0.05) is 18.1 Å². The van der Waals surface area contributed by atoms with Gasteiger partial charge in [0.05, 0.1) is 23.5 Å². The molecule has 1 saturated carbocycles. The lowest BCUT2D eigenvalue weighted by Gasteiger charge is -2.37. The monoisotopic (exact) mass is 299 g/mol. The molecule has 0 aliphatic heterocycles. The summed E-state index contributed by atoms with van der Waals surface area (Å²) in [6, 6.07) is 0.392. The van der Waals surface area contributed by atoms with Gasteiger partial charge in [-0.05, 0) is 32.1 Å². The summed E-state index contributed by atoms with van der Waals surface area (Å²) in [5.41, 5.74) is 0.912. The molecular formula is C15H26ClN3O. The van der Waals surface area contributed by atoms with Gasteiger partial charge in [0.25, 0.3) is 0 Å². The third-order valence-electron chi connectivity index (χ3n) is 4.55. The molecule has 1 aliphatic rings. The molecule has 0 spiro atoms. The van der Waals surface area contributed by atoms with E-state index in [9.17, 15) is 5.11 Å². The first kappa shape index (κ1) is 15.8. The van der Waals surface area contributed by atoms with Gasteiger partial charge in [-0.25, -0.2) is 0 Å². The Morgan fingerprint density at radius 2 is 2.35 bits per heavy atom. The van der Waals surface area contributed by atoms with Gasteiger partial charge in [0.1, 0.15) is 0 Å². The van der Waals surface area contributed by atoms with Gasteiger partial charge in [0.15, 0.2) is 0 Å². The number of aryl methyl sites for hydroxylation is 1. The Hall–Kier alpha value is -0.580. The molecular weight excluding hydrogens is 274 g/mol. The standard InChI is InChI=1S/C15H26ClN3O/c1-11(2)18-15(10-20)7-4-5-13(15)6-8-19-12(3)14(16)9-17-19/h9,11,13,18,20H,4-8,10H2,1-3H3. The van der Waals surface area contributed by atoms with Crippen LogP contribution in [0.15, 0.2) is 6.20 Å². The van der Waals surface area contributed by atoms with E-state index in [2.05, 4.69) is 24.3 Å². The summed E-state index contributed by atoms with van der Waals surface area (Å²) in [6.07, 6.45) is 6.15.